The van der Waals surface area contributed by atoms with Crippen molar-refractivity contribution in [2.45, 2.75) is 13.0 Å². The lowest BCUT2D eigenvalue weighted by Crippen LogP contribution is -2.33. The molecule has 0 unspecified atom stereocenters. The van der Waals surface area contributed by atoms with Gasteiger partial charge in [0.05, 0.1) is 4.91 Å². The first-order valence-electron chi connectivity index (χ1n) is 6.74. The van der Waals surface area contributed by atoms with E-state index in [-0.39, 0.29) is 4.32 Å². The van der Waals surface area contributed by atoms with Crippen LogP contribution in [0.4, 0.5) is 0 Å². The van der Waals surface area contributed by atoms with Crippen LogP contribution < -0.4 is 4.74 Å². The summed E-state index contributed by atoms with van der Waals surface area (Å²) in [5, 5.41) is 17.6. The van der Waals surface area contributed by atoms with Gasteiger partial charge < -0.3 is 14.9 Å². The number of aliphatic carboxylic acids is 2. The average Bonchev–Trinajstić information content (AvgIpc) is 2.76. The Balaban J connectivity index is 2.11. The molecule has 1 aromatic carbocycles. The summed E-state index contributed by atoms with van der Waals surface area (Å²) in [6.45, 7) is 0.950. The van der Waals surface area contributed by atoms with Crippen LogP contribution in [0.2, 0.25) is 0 Å². The summed E-state index contributed by atoms with van der Waals surface area (Å²) in [6.07, 6.45) is 0.620. The van der Waals surface area contributed by atoms with Gasteiger partial charge in [-0.25, -0.2) is 4.79 Å². The Labute approximate surface area is 146 Å². The molecule has 0 saturated carbocycles. The van der Waals surface area contributed by atoms with Crippen LogP contribution in [-0.2, 0) is 14.4 Å². The molecule has 0 radical (unpaired) electrons. The first-order valence-corrected chi connectivity index (χ1v) is 7.97. The normalized spacial score (nSPS) is 17.2. The highest BCUT2D eigenvalue weighted by Gasteiger charge is 2.33. The number of hydrogen-bond acceptors (Lipinski definition) is 6. The largest absolute Gasteiger partial charge is 0.480 e. The molecule has 24 heavy (non-hydrogen) atoms. The third-order valence-electron chi connectivity index (χ3n) is 3.01. The Kier molecular flexibility index (Phi) is 5.58. The van der Waals surface area contributed by atoms with Crippen molar-refractivity contribution in [2.75, 3.05) is 6.54 Å². The van der Waals surface area contributed by atoms with E-state index >= 15 is 0 Å². The number of carboxylic acid groups (broad SMARTS) is 2. The highest BCUT2D eigenvalue weighted by atomic mass is 32.2. The second kappa shape index (κ2) is 7.45. The van der Waals surface area contributed by atoms with Gasteiger partial charge >= 0.3 is 11.9 Å². The number of carbonyl (C=O) groups is 3. The maximum Gasteiger partial charge on any atom is 0.344 e. The van der Waals surface area contributed by atoms with E-state index in [1.807, 2.05) is 0 Å². The third kappa shape index (κ3) is 4.33. The smallest absolute Gasteiger partial charge is 0.344 e. The molecule has 0 spiro atoms. The van der Waals surface area contributed by atoms with Crippen LogP contribution in [0.15, 0.2) is 29.2 Å². The fourth-order valence-corrected chi connectivity index (χ4v) is 3.08. The van der Waals surface area contributed by atoms with Crippen molar-refractivity contribution in [3.05, 3.63) is 34.7 Å². The lowest BCUT2D eigenvalue weighted by Gasteiger charge is -2.10. The number of benzene rings is 1. The number of hydrogen-bond donors (Lipinski definition) is 2. The minimum Gasteiger partial charge on any atom is -0.480 e. The molecule has 2 N–H and O–H groups in total. The molecule has 1 aromatic rings. The molecule has 1 aliphatic heterocycles. The van der Waals surface area contributed by atoms with Gasteiger partial charge in [0.15, 0.2) is 6.10 Å². The number of carboxylic acids is 2. The quantitative estimate of drug-likeness (QED) is 0.580. The minimum absolute atomic E-state index is 0.198. The Morgan fingerprint density at radius 2 is 1.96 bits per heavy atom. The summed E-state index contributed by atoms with van der Waals surface area (Å²) >= 11 is 6.04. The maximum absolute atomic E-state index is 12.1. The van der Waals surface area contributed by atoms with Crippen LogP contribution in [-0.4, -0.2) is 49.9 Å². The molecule has 1 aliphatic rings. The molecule has 1 saturated heterocycles. The van der Waals surface area contributed by atoms with Gasteiger partial charge in [-0.2, -0.15) is 0 Å². The van der Waals surface area contributed by atoms with Crippen LogP contribution in [0, 0.1) is 0 Å². The van der Waals surface area contributed by atoms with E-state index in [1.54, 1.807) is 30.3 Å². The summed E-state index contributed by atoms with van der Waals surface area (Å²) < 4.78 is 5.41. The summed E-state index contributed by atoms with van der Waals surface area (Å²) in [6, 6.07) is 6.49. The Hall–Kier alpha value is -2.39. The van der Waals surface area contributed by atoms with Crippen molar-refractivity contribution in [3.8, 4) is 5.75 Å². The molecule has 0 aliphatic carbocycles. The zero-order chi connectivity index (χ0) is 17.9. The Morgan fingerprint density at radius 3 is 2.50 bits per heavy atom. The topological polar surface area (TPSA) is 104 Å². The van der Waals surface area contributed by atoms with Gasteiger partial charge in [-0.1, -0.05) is 36.1 Å². The molecule has 0 aromatic heterocycles. The molecule has 7 nitrogen and oxygen atoms in total. The number of thioether (sulfide) groups is 1. The summed E-state index contributed by atoms with van der Waals surface area (Å²) in [5.41, 5.74) is 0.682. The molecule has 1 heterocycles. The standard InChI is InChI=1S/C15H13NO6S2/c1-8(14(20)21)22-10-4-2-9(3-5-10)6-11-13(19)16(7-12(17)18)15(23)24-11/h2-6,8H,7H2,1H3,(H,17,18)(H,20,21)/b11-6-/t8-/m1/s1. The maximum atomic E-state index is 12.1. The molecular weight excluding hydrogens is 354 g/mol. The number of nitrogens with zero attached hydrogens (tertiary/aromatic N) is 1. The second-order valence-electron chi connectivity index (χ2n) is 4.83. The van der Waals surface area contributed by atoms with Gasteiger partial charge in [-0.3, -0.25) is 14.5 Å². The molecule has 2 rings (SSSR count). The summed E-state index contributed by atoms with van der Waals surface area (Å²) in [5.74, 6) is -2.27. The lowest BCUT2D eigenvalue weighted by atomic mass is 10.2. The number of carbonyl (C=O) groups excluding carboxylic acids is 1. The number of ether oxygens (including phenoxy) is 1. The van der Waals surface area contributed by atoms with Crippen molar-refractivity contribution < 1.29 is 29.3 Å². The zero-order valence-electron chi connectivity index (χ0n) is 12.5. The van der Waals surface area contributed by atoms with Gasteiger partial charge in [-0.15, -0.1) is 0 Å². The lowest BCUT2D eigenvalue weighted by molar-refractivity contribution is -0.144. The van der Waals surface area contributed by atoms with Crippen LogP contribution in [0.3, 0.4) is 0 Å². The summed E-state index contributed by atoms with van der Waals surface area (Å²) in [7, 11) is 0. The monoisotopic (exact) mass is 367 g/mol. The second-order valence-corrected chi connectivity index (χ2v) is 6.50. The molecule has 1 amide bonds. The van der Waals surface area contributed by atoms with Gasteiger partial charge in [0.25, 0.3) is 5.91 Å². The predicted octanol–water partition coefficient (Wildman–Crippen LogP) is 1.82. The SMILES string of the molecule is C[C@@H](Oc1ccc(/C=C2\SC(=S)N(CC(=O)O)C2=O)cc1)C(=O)O. The highest BCUT2D eigenvalue weighted by Crippen LogP contribution is 2.32. The van der Waals surface area contributed by atoms with Gasteiger partial charge in [-0.05, 0) is 30.7 Å². The van der Waals surface area contributed by atoms with Crippen LogP contribution in [0.5, 0.6) is 5.75 Å². The predicted molar refractivity (Wildman–Crippen MR) is 91.7 cm³/mol. The van der Waals surface area contributed by atoms with Crippen LogP contribution in [0.25, 0.3) is 6.08 Å². The van der Waals surface area contributed by atoms with E-state index in [0.717, 1.165) is 16.7 Å². The van der Waals surface area contributed by atoms with Gasteiger partial charge in [0, 0.05) is 0 Å². The van der Waals surface area contributed by atoms with E-state index < -0.39 is 30.5 Å². The molecule has 126 valence electrons. The zero-order valence-corrected chi connectivity index (χ0v) is 14.1. The fraction of sp³-hybridized carbons (Fsp3) is 0.200. The number of thiocarbonyl (C=S) groups is 1. The first kappa shape index (κ1) is 18.0. The fourth-order valence-electron chi connectivity index (χ4n) is 1.82. The average molecular weight is 367 g/mol. The minimum atomic E-state index is -1.14. The van der Waals surface area contributed by atoms with E-state index in [1.165, 1.54) is 6.92 Å². The van der Waals surface area contributed by atoms with Crippen molar-refractivity contribution >= 4 is 52.2 Å². The van der Waals surface area contributed by atoms with Gasteiger partial charge in [0.2, 0.25) is 0 Å². The van der Waals surface area contributed by atoms with Crippen LogP contribution in [0.1, 0.15) is 12.5 Å². The number of rotatable bonds is 6. The summed E-state index contributed by atoms with van der Waals surface area (Å²) in [4.78, 5) is 35.0. The Bertz CT molecular complexity index is 728. The molecule has 9 heteroatoms. The third-order valence-corrected chi connectivity index (χ3v) is 4.38. The van der Waals surface area contributed by atoms with Gasteiger partial charge in [0.1, 0.15) is 16.6 Å². The Morgan fingerprint density at radius 1 is 1.33 bits per heavy atom. The van der Waals surface area contributed by atoms with Crippen molar-refractivity contribution in [3.63, 3.8) is 0 Å². The van der Waals surface area contributed by atoms with Crippen molar-refractivity contribution in [1.82, 2.24) is 4.90 Å². The molecule has 0 bridgehead atoms. The van der Waals surface area contributed by atoms with E-state index in [0.29, 0.717) is 16.2 Å². The number of amides is 1. The van der Waals surface area contributed by atoms with Crippen LogP contribution >= 0.6 is 24.0 Å². The van der Waals surface area contributed by atoms with E-state index in [9.17, 15) is 14.4 Å². The highest BCUT2D eigenvalue weighted by molar-refractivity contribution is 8.26. The van der Waals surface area contributed by atoms with Crippen molar-refractivity contribution in [1.29, 1.82) is 0 Å². The molecular formula is C15H13NO6S2. The van der Waals surface area contributed by atoms with E-state index in [2.05, 4.69) is 0 Å². The molecule has 1 fully saturated rings. The first-order chi connectivity index (χ1) is 11.3. The van der Waals surface area contributed by atoms with E-state index in [4.69, 9.17) is 27.2 Å². The van der Waals surface area contributed by atoms with Crippen molar-refractivity contribution in [2.24, 2.45) is 0 Å². The molecule has 1 atom stereocenters.